The number of aromatic nitrogens is 3. The fourth-order valence-electron chi connectivity index (χ4n) is 4.08. The number of piperidine rings is 1. The second kappa shape index (κ2) is 6.57. The van der Waals surface area contributed by atoms with Gasteiger partial charge in [0.25, 0.3) is 0 Å². The first-order valence-corrected chi connectivity index (χ1v) is 8.89. The lowest BCUT2D eigenvalue weighted by Gasteiger charge is -2.32. The molecule has 4 rings (SSSR count). The summed E-state index contributed by atoms with van der Waals surface area (Å²) < 4.78 is 8.10. The van der Waals surface area contributed by atoms with E-state index in [0.717, 1.165) is 37.3 Å². The Morgan fingerprint density at radius 3 is 3.09 bits per heavy atom. The Morgan fingerprint density at radius 1 is 1.30 bits per heavy atom. The summed E-state index contributed by atoms with van der Waals surface area (Å²) in [6.07, 6.45) is 7.80. The van der Waals surface area contributed by atoms with Crippen LogP contribution >= 0.6 is 0 Å². The molecule has 0 spiro atoms. The van der Waals surface area contributed by atoms with Gasteiger partial charge in [-0.25, -0.2) is 9.97 Å². The summed E-state index contributed by atoms with van der Waals surface area (Å²) in [4.78, 5) is 12.0. The number of pyridine rings is 1. The van der Waals surface area contributed by atoms with E-state index >= 15 is 0 Å². The van der Waals surface area contributed by atoms with Crippen LogP contribution in [0.25, 0.3) is 11.2 Å². The molecule has 2 aromatic rings. The molecule has 2 aliphatic rings. The molecule has 0 radical (unpaired) electrons. The van der Waals surface area contributed by atoms with E-state index in [1.807, 2.05) is 12.3 Å². The van der Waals surface area contributed by atoms with Gasteiger partial charge in [-0.3, -0.25) is 0 Å². The van der Waals surface area contributed by atoms with E-state index in [1.165, 1.54) is 38.1 Å². The third-order valence-corrected chi connectivity index (χ3v) is 5.21. The molecule has 4 heterocycles. The molecule has 0 N–H and O–H groups in total. The molecular weight excluding hydrogens is 288 g/mol. The first kappa shape index (κ1) is 15.1. The van der Waals surface area contributed by atoms with Crippen LogP contribution in [0, 0.1) is 5.92 Å². The molecule has 0 amide bonds. The van der Waals surface area contributed by atoms with Crippen LogP contribution in [0.1, 0.15) is 37.5 Å². The van der Waals surface area contributed by atoms with Crippen molar-refractivity contribution in [1.82, 2.24) is 19.4 Å². The van der Waals surface area contributed by atoms with Gasteiger partial charge in [0.1, 0.15) is 11.3 Å². The quantitative estimate of drug-likeness (QED) is 0.873. The smallest absolute Gasteiger partial charge is 0.160 e. The predicted octanol–water partition coefficient (Wildman–Crippen LogP) is 2.67. The Morgan fingerprint density at radius 2 is 2.26 bits per heavy atom. The normalized spacial score (nSPS) is 26.7. The Bertz CT molecular complexity index is 662. The van der Waals surface area contributed by atoms with Crippen LogP contribution in [0.4, 0.5) is 0 Å². The number of likely N-dealkylation sites (tertiary alicyclic amines) is 1. The van der Waals surface area contributed by atoms with Crippen molar-refractivity contribution >= 4 is 11.2 Å². The second-order valence-electron chi connectivity index (χ2n) is 7.09. The van der Waals surface area contributed by atoms with E-state index in [2.05, 4.69) is 27.6 Å². The van der Waals surface area contributed by atoms with E-state index in [4.69, 9.17) is 9.72 Å². The average molecular weight is 314 g/mol. The van der Waals surface area contributed by atoms with Gasteiger partial charge in [-0.15, -0.1) is 0 Å². The van der Waals surface area contributed by atoms with Crippen molar-refractivity contribution in [3.8, 4) is 0 Å². The SMILES string of the molecule is CN1CCCC(n2c(CC3CCCOC3)nc3cccnc32)C1. The molecule has 2 fully saturated rings. The number of imidazole rings is 1. The number of rotatable bonds is 3. The maximum atomic E-state index is 5.67. The highest BCUT2D eigenvalue weighted by Crippen LogP contribution is 2.28. The standard InChI is InChI=1S/C18H26N4O/c1-21-9-3-6-15(12-21)22-17(11-14-5-4-10-23-13-14)20-16-7-2-8-19-18(16)22/h2,7-8,14-15H,3-6,9-13H2,1H3. The van der Waals surface area contributed by atoms with Gasteiger partial charge in [0, 0.05) is 38.4 Å². The summed E-state index contributed by atoms with van der Waals surface area (Å²) in [7, 11) is 2.22. The van der Waals surface area contributed by atoms with Crippen molar-refractivity contribution in [2.75, 3.05) is 33.4 Å². The van der Waals surface area contributed by atoms with Gasteiger partial charge >= 0.3 is 0 Å². The molecule has 124 valence electrons. The van der Waals surface area contributed by atoms with Gasteiger partial charge in [-0.1, -0.05) is 0 Å². The molecule has 2 aromatic heterocycles. The molecule has 5 nitrogen and oxygen atoms in total. The Kier molecular flexibility index (Phi) is 4.31. The van der Waals surface area contributed by atoms with E-state index in [-0.39, 0.29) is 0 Å². The summed E-state index contributed by atoms with van der Waals surface area (Å²) >= 11 is 0. The zero-order valence-electron chi connectivity index (χ0n) is 13.9. The number of likely N-dealkylation sites (N-methyl/N-ethyl adjacent to an activating group) is 1. The molecule has 0 aliphatic carbocycles. The first-order valence-electron chi connectivity index (χ1n) is 8.89. The lowest BCUT2D eigenvalue weighted by atomic mass is 9.97. The third-order valence-electron chi connectivity index (χ3n) is 5.21. The zero-order valence-corrected chi connectivity index (χ0v) is 13.9. The molecule has 2 aliphatic heterocycles. The summed E-state index contributed by atoms with van der Waals surface area (Å²) in [6.45, 7) is 4.08. The summed E-state index contributed by atoms with van der Waals surface area (Å²) in [5.41, 5.74) is 2.09. The van der Waals surface area contributed by atoms with Gasteiger partial charge in [0.15, 0.2) is 5.65 Å². The van der Waals surface area contributed by atoms with Gasteiger partial charge in [0.2, 0.25) is 0 Å². The van der Waals surface area contributed by atoms with Crippen LogP contribution in [-0.2, 0) is 11.2 Å². The number of hydrogen-bond acceptors (Lipinski definition) is 4. The second-order valence-corrected chi connectivity index (χ2v) is 7.09. The van der Waals surface area contributed by atoms with E-state index in [0.29, 0.717) is 12.0 Å². The first-order chi connectivity index (χ1) is 11.3. The topological polar surface area (TPSA) is 43.2 Å². The number of nitrogens with zero attached hydrogens (tertiary/aromatic N) is 4. The highest BCUT2D eigenvalue weighted by molar-refractivity contribution is 5.71. The molecule has 0 bridgehead atoms. The van der Waals surface area contributed by atoms with Gasteiger partial charge < -0.3 is 14.2 Å². The molecule has 5 heteroatoms. The summed E-state index contributed by atoms with van der Waals surface area (Å²) in [5.74, 6) is 1.80. The Labute approximate surface area is 137 Å². The maximum Gasteiger partial charge on any atom is 0.160 e. The molecular formula is C18H26N4O. The molecule has 2 atom stereocenters. The van der Waals surface area contributed by atoms with Gasteiger partial charge in [-0.05, 0) is 57.3 Å². The Hall–Kier alpha value is -1.46. The van der Waals surface area contributed by atoms with E-state index in [9.17, 15) is 0 Å². The predicted molar refractivity (Wildman–Crippen MR) is 90.5 cm³/mol. The van der Waals surface area contributed by atoms with Crippen molar-refractivity contribution < 1.29 is 4.74 Å². The number of fused-ring (bicyclic) bond motifs is 1. The third kappa shape index (κ3) is 3.12. The molecule has 2 unspecified atom stereocenters. The monoisotopic (exact) mass is 314 g/mol. The average Bonchev–Trinajstić information content (AvgIpc) is 2.93. The van der Waals surface area contributed by atoms with Crippen molar-refractivity contribution in [3.05, 3.63) is 24.2 Å². The van der Waals surface area contributed by atoms with Crippen molar-refractivity contribution in [3.63, 3.8) is 0 Å². The molecule has 0 aromatic carbocycles. The number of hydrogen-bond donors (Lipinski definition) is 0. The highest BCUT2D eigenvalue weighted by atomic mass is 16.5. The van der Waals surface area contributed by atoms with Gasteiger partial charge in [0.05, 0.1) is 0 Å². The van der Waals surface area contributed by atoms with Crippen LogP contribution in [0.3, 0.4) is 0 Å². The van der Waals surface area contributed by atoms with Crippen molar-refractivity contribution in [2.24, 2.45) is 5.92 Å². The largest absolute Gasteiger partial charge is 0.381 e. The molecule has 0 saturated carbocycles. The minimum Gasteiger partial charge on any atom is -0.381 e. The summed E-state index contributed by atoms with van der Waals surface area (Å²) in [6, 6.07) is 4.57. The lowest BCUT2D eigenvalue weighted by molar-refractivity contribution is 0.0537. The fourth-order valence-corrected chi connectivity index (χ4v) is 4.08. The molecule has 23 heavy (non-hydrogen) atoms. The highest BCUT2D eigenvalue weighted by Gasteiger charge is 2.26. The van der Waals surface area contributed by atoms with Crippen molar-refractivity contribution in [1.29, 1.82) is 0 Å². The van der Waals surface area contributed by atoms with E-state index in [1.54, 1.807) is 0 Å². The minimum atomic E-state index is 0.494. The molecule has 2 saturated heterocycles. The van der Waals surface area contributed by atoms with Crippen LogP contribution in [0.15, 0.2) is 18.3 Å². The van der Waals surface area contributed by atoms with Crippen molar-refractivity contribution in [2.45, 2.75) is 38.1 Å². The van der Waals surface area contributed by atoms with Crippen LogP contribution in [0.2, 0.25) is 0 Å². The maximum absolute atomic E-state index is 5.67. The van der Waals surface area contributed by atoms with Crippen LogP contribution in [0.5, 0.6) is 0 Å². The number of ether oxygens (including phenoxy) is 1. The lowest BCUT2D eigenvalue weighted by Crippen LogP contribution is -2.34. The van der Waals surface area contributed by atoms with Gasteiger partial charge in [-0.2, -0.15) is 0 Å². The van der Waals surface area contributed by atoms with E-state index < -0.39 is 0 Å². The van der Waals surface area contributed by atoms with Crippen LogP contribution in [-0.4, -0.2) is 52.8 Å². The minimum absolute atomic E-state index is 0.494. The zero-order chi connectivity index (χ0) is 15.6. The summed E-state index contributed by atoms with van der Waals surface area (Å²) in [5, 5.41) is 0. The Balaban J connectivity index is 1.68. The van der Waals surface area contributed by atoms with Crippen LogP contribution < -0.4 is 0 Å². The fraction of sp³-hybridized carbons (Fsp3) is 0.667.